The van der Waals surface area contributed by atoms with Gasteiger partial charge in [-0.05, 0) is 53.4 Å². The highest BCUT2D eigenvalue weighted by Gasteiger charge is 2.13. The molecule has 1 amide bonds. The predicted molar refractivity (Wildman–Crippen MR) is 78.1 cm³/mol. The molecule has 0 bridgehead atoms. The van der Waals surface area contributed by atoms with Crippen LogP contribution in [0.15, 0.2) is 51.6 Å². The maximum atomic E-state index is 11.9. The van der Waals surface area contributed by atoms with E-state index in [0.29, 0.717) is 10.4 Å². The number of rotatable bonds is 5. The molecular weight excluding hydrogens is 306 g/mol. The van der Waals surface area contributed by atoms with Crippen molar-refractivity contribution < 1.29 is 9.21 Å². The normalized spacial score (nSPS) is 12.1. The molecule has 0 fully saturated rings. The monoisotopic (exact) mass is 321 g/mol. The first-order valence-corrected chi connectivity index (χ1v) is 7.04. The highest BCUT2D eigenvalue weighted by Crippen LogP contribution is 2.14. The highest BCUT2D eigenvalue weighted by atomic mass is 79.9. The van der Waals surface area contributed by atoms with Gasteiger partial charge >= 0.3 is 0 Å². The van der Waals surface area contributed by atoms with Crippen molar-refractivity contribution in [1.82, 2.24) is 5.32 Å². The number of benzene rings is 1. The van der Waals surface area contributed by atoms with E-state index in [2.05, 4.69) is 33.4 Å². The molecule has 0 spiro atoms. The van der Waals surface area contributed by atoms with Crippen molar-refractivity contribution >= 4 is 21.8 Å². The molecule has 1 heterocycles. The number of amides is 1. The van der Waals surface area contributed by atoms with Gasteiger partial charge in [0, 0.05) is 6.04 Å². The Morgan fingerprint density at radius 3 is 2.63 bits per heavy atom. The summed E-state index contributed by atoms with van der Waals surface area (Å²) in [6.07, 6.45) is 1.85. The SMILES string of the molecule is C[C@@H](CCc1ccccc1)NC(=O)c1ccc(Br)o1. The Hall–Kier alpha value is -1.55. The van der Waals surface area contributed by atoms with Crippen molar-refractivity contribution in [3.8, 4) is 0 Å². The zero-order valence-corrected chi connectivity index (χ0v) is 12.3. The summed E-state index contributed by atoms with van der Waals surface area (Å²) >= 11 is 3.18. The summed E-state index contributed by atoms with van der Waals surface area (Å²) in [5.74, 6) is 0.157. The second-order valence-electron chi connectivity index (χ2n) is 4.50. The molecule has 100 valence electrons. The molecule has 0 unspecified atom stereocenters. The van der Waals surface area contributed by atoms with Crippen molar-refractivity contribution in [3.05, 3.63) is 58.5 Å². The van der Waals surface area contributed by atoms with Crippen LogP contribution in [0.2, 0.25) is 0 Å². The Bertz CT molecular complexity index is 536. The molecule has 0 aliphatic carbocycles. The molecule has 4 heteroatoms. The number of carbonyl (C=O) groups excluding carboxylic acids is 1. The second kappa shape index (κ2) is 6.57. The Labute approximate surface area is 121 Å². The van der Waals surface area contributed by atoms with E-state index in [4.69, 9.17) is 4.42 Å². The first-order valence-electron chi connectivity index (χ1n) is 6.25. The van der Waals surface area contributed by atoms with Crippen LogP contribution < -0.4 is 5.32 Å². The third-order valence-corrected chi connectivity index (χ3v) is 3.31. The lowest BCUT2D eigenvalue weighted by Gasteiger charge is -2.12. The number of hydrogen-bond acceptors (Lipinski definition) is 2. The van der Waals surface area contributed by atoms with E-state index in [1.54, 1.807) is 12.1 Å². The summed E-state index contributed by atoms with van der Waals surface area (Å²) in [7, 11) is 0. The molecule has 1 N–H and O–H groups in total. The van der Waals surface area contributed by atoms with Crippen LogP contribution in [0.3, 0.4) is 0 Å². The Kier molecular flexibility index (Phi) is 4.80. The first kappa shape index (κ1) is 13.9. The average molecular weight is 322 g/mol. The molecule has 2 rings (SSSR count). The molecule has 0 aliphatic rings. The molecule has 0 saturated heterocycles. The number of hydrogen-bond donors (Lipinski definition) is 1. The lowest BCUT2D eigenvalue weighted by Crippen LogP contribution is -2.32. The van der Waals surface area contributed by atoms with Gasteiger partial charge in [0.1, 0.15) is 0 Å². The molecule has 0 aliphatic heterocycles. The quantitative estimate of drug-likeness (QED) is 0.910. The molecule has 0 saturated carbocycles. The van der Waals surface area contributed by atoms with Gasteiger partial charge in [0.25, 0.3) is 5.91 Å². The fraction of sp³-hybridized carbons (Fsp3) is 0.267. The molecule has 2 aromatic rings. The van der Waals surface area contributed by atoms with Gasteiger partial charge in [0.2, 0.25) is 0 Å². The zero-order valence-electron chi connectivity index (χ0n) is 10.7. The second-order valence-corrected chi connectivity index (χ2v) is 5.28. The van der Waals surface area contributed by atoms with E-state index in [0.717, 1.165) is 12.8 Å². The van der Waals surface area contributed by atoms with Crippen LogP contribution in [0, 0.1) is 0 Å². The maximum absolute atomic E-state index is 11.9. The number of furan rings is 1. The number of nitrogens with one attached hydrogen (secondary N) is 1. The Morgan fingerprint density at radius 2 is 2.00 bits per heavy atom. The molecule has 1 atom stereocenters. The van der Waals surface area contributed by atoms with E-state index in [1.165, 1.54) is 5.56 Å². The number of carbonyl (C=O) groups is 1. The maximum Gasteiger partial charge on any atom is 0.287 e. The molecule has 1 aromatic carbocycles. The smallest absolute Gasteiger partial charge is 0.287 e. The van der Waals surface area contributed by atoms with Gasteiger partial charge < -0.3 is 9.73 Å². The van der Waals surface area contributed by atoms with Crippen molar-refractivity contribution in [2.45, 2.75) is 25.8 Å². The van der Waals surface area contributed by atoms with E-state index >= 15 is 0 Å². The zero-order chi connectivity index (χ0) is 13.7. The first-order chi connectivity index (χ1) is 9.15. The van der Waals surface area contributed by atoms with Crippen LogP contribution >= 0.6 is 15.9 Å². The minimum Gasteiger partial charge on any atom is -0.444 e. The van der Waals surface area contributed by atoms with Crippen LogP contribution in [0.4, 0.5) is 0 Å². The Morgan fingerprint density at radius 1 is 1.26 bits per heavy atom. The molecule has 0 radical (unpaired) electrons. The molecule has 3 nitrogen and oxygen atoms in total. The number of aryl methyl sites for hydroxylation is 1. The lowest BCUT2D eigenvalue weighted by molar-refractivity contribution is 0.0909. The molecule has 19 heavy (non-hydrogen) atoms. The van der Waals surface area contributed by atoms with Crippen molar-refractivity contribution in [1.29, 1.82) is 0 Å². The van der Waals surface area contributed by atoms with Crippen molar-refractivity contribution in [2.24, 2.45) is 0 Å². The van der Waals surface area contributed by atoms with E-state index in [-0.39, 0.29) is 11.9 Å². The summed E-state index contributed by atoms with van der Waals surface area (Å²) < 4.78 is 5.78. The third kappa shape index (κ3) is 4.24. The molecular formula is C15H16BrNO2. The van der Waals surface area contributed by atoms with Crippen molar-refractivity contribution in [3.63, 3.8) is 0 Å². The van der Waals surface area contributed by atoms with Gasteiger partial charge in [0.15, 0.2) is 10.4 Å². The number of halogens is 1. The highest BCUT2D eigenvalue weighted by molar-refractivity contribution is 9.10. The summed E-state index contributed by atoms with van der Waals surface area (Å²) in [6.45, 7) is 2.00. The predicted octanol–water partition coefficient (Wildman–Crippen LogP) is 3.79. The summed E-state index contributed by atoms with van der Waals surface area (Å²) in [5, 5.41) is 2.93. The summed E-state index contributed by atoms with van der Waals surface area (Å²) in [5.41, 5.74) is 1.28. The van der Waals surface area contributed by atoms with Gasteiger partial charge in [-0.3, -0.25) is 4.79 Å². The summed E-state index contributed by atoms with van der Waals surface area (Å²) in [6, 6.07) is 13.7. The van der Waals surface area contributed by atoms with Gasteiger partial charge in [0.05, 0.1) is 0 Å². The largest absolute Gasteiger partial charge is 0.444 e. The van der Waals surface area contributed by atoms with Gasteiger partial charge in [-0.2, -0.15) is 0 Å². The average Bonchev–Trinajstić information content (AvgIpc) is 2.84. The lowest BCUT2D eigenvalue weighted by atomic mass is 10.1. The van der Waals surface area contributed by atoms with E-state index < -0.39 is 0 Å². The minimum atomic E-state index is -0.175. The van der Waals surface area contributed by atoms with Crippen LogP contribution in [0.5, 0.6) is 0 Å². The van der Waals surface area contributed by atoms with Crippen LogP contribution in [0.25, 0.3) is 0 Å². The van der Waals surface area contributed by atoms with E-state index in [1.807, 2.05) is 25.1 Å². The minimum absolute atomic E-state index is 0.108. The topological polar surface area (TPSA) is 42.2 Å². The van der Waals surface area contributed by atoms with Crippen LogP contribution in [0.1, 0.15) is 29.5 Å². The van der Waals surface area contributed by atoms with Gasteiger partial charge in [-0.25, -0.2) is 0 Å². The van der Waals surface area contributed by atoms with Gasteiger partial charge in [-0.1, -0.05) is 30.3 Å². The van der Waals surface area contributed by atoms with E-state index in [9.17, 15) is 4.79 Å². The van der Waals surface area contributed by atoms with Crippen LogP contribution in [-0.4, -0.2) is 11.9 Å². The van der Waals surface area contributed by atoms with Gasteiger partial charge in [-0.15, -0.1) is 0 Å². The van der Waals surface area contributed by atoms with Crippen LogP contribution in [-0.2, 0) is 6.42 Å². The third-order valence-electron chi connectivity index (χ3n) is 2.88. The van der Waals surface area contributed by atoms with Crippen molar-refractivity contribution in [2.75, 3.05) is 0 Å². The molecule has 1 aromatic heterocycles. The Balaban J connectivity index is 1.81. The standard InChI is InChI=1S/C15H16BrNO2/c1-11(7-8-12-5-3-2-4-6-12)17-15(18)13-9-10-14(16)19-13/h2-6,9-11H,7-8H2,1H3,(H,17,18)/t11-/m0/s1. The summed E-state index contributed by atoms with van der Waals surface area (Å²) in [4.78, 5) is 11.9. The fourth-order valence-corrected chi connectivity index (χ4v) is 2.14. The fourth-order valence-electron chi connectivity index (χ4n) is 1.83.